The van der Waals surface area contributed by atoms with Crippen molar-refractivity contribution in [3.05, 3.63) is 45.7 Å². The summed E-state index contributed by atoms with van der Waals surface area (Å²) in [5.74, 6) is 0.341. The number of rotatable bonds is 3. The third kappa shape index (κ3) is 1.80. The molecule has 0 saturated heterocycles. The topological polar surface area (TPSA) is 86.2 Å². The summed E-state index contributed by atoms with van der Waals surface area (Å²) in [4.78, 5) is 21.2. The molecule has 0 unspecified atom stereocenters. The maximum absolute atomic E-state index is 10.9. The molecule has 1 heterocycles. The highest BCUT2D eigenvalue weighted by Gasteiger charge is 2.21. The van der Waals surface area contributed by atoms with E-state index in [4.69, 9.17) is 4.52 Å². The van der Waals surface area contributed by atoms with Crippen LogP contribution in [0.3, 0.4) is 0 Å². The molecule has 0 N–H and O–H groups in total. The Morgan fingerprint density at radius 2 is 2.12 bits per heavy atom. The van der Waals surface area contributed by atoms with E-state index in [2.05, 4.69) is 5.16 Å². The van der Waals surface area contributed by atoms with Crippen molar-refractivity contribution in [1.29, 1.82) is 0 Å². The predicted octanol–water partition coefficient (Wildman–Crippen LogP) is 2.37. The van der Waals surface area contributed by atoms with Crippen LogP contribution in [0.2, 0.25) is 0 Å². The maximum atomic E-state index is 10.9. The molecule has 0 saturated carbocycles. The van der Waals surface area contributed by atoms with Crippen molar-refractivity contribution in [2.75, 3.05) is 0 Å². The van der Waals surface area contributed by atoms with Gasteiger partial charge in [-0.25, -0.2) is 0 Å². The Labute approximate surface area is 96.0 Å². The first kappa shape index (κ1) is 11.0. The first-order chi connectivity index (χ1) is 8.15. The summed E-state index contributed by atoms with van der Waals surface area (Å²) >= 11 is 0. The third-order valence-corrected chi connectivity index (χ3v) is 2.38. The highest BCUT2D eigenvalue weighted by atomic mass is 16.6. The van der Waals surface area contributed by atoms with Gasteiger partial charge in [0.1, 0.15) is 11.5 Å². The Kier molecular flexibility index (Phi) is 2.70. The number of aromatic nitrogens is 1. The second-order valence-corrected chi connectivity index (χ2v) is 3.39. The van der Waals surface area contributed by atoms with E-state index in [1.165, 1.54) is 12.1 Å². The van der Waals surface area contributed by atoms with Gasteiger partial charge in [-0.2, -0.15) is 0 Å². The first-order valence-corrected chi connectivity index (χ1v) is 4.80. The molecule has 0 aliphatic rings. The fraction of sp³-hybridized carbons (Fsp3) is 0.0909. The molecular weight excluding hydrogens is 224 g/mol. The standard InChI is InChI=1S/C11H8N2O4/c1-7-9(6-14)11(12-17-7)8-4-2-3-5-10(8)13(15)16/h2-6H,1H3. The van der Waals surface area contributed by atoms with Gasteiger partial charge >= 0.3 is 0 Å². The summed E-state index contributed by atoms with van der Waals surface area (Å²) in [5, 5.41) is 14.5. The minimum Gasteiger partial charge on any atom is -0.360 e. The van der Waals surface area contributed by atoms with Crippen molar-refractivity contribution in [3.8, 4) is 11.3 Å². The van der Waals surface area contributed by atoms with Gasteiger partial charge in [-0.1, -0.05) is 17.3 Å². The molecule has 17 heavy (non-hydrogen) atoms. The van der Waals surface area contributed by atoms with E-state index >= 15 is 0 Å². The number of aldehydes is 1. The van der Waals surface area contributed by atoms with Crippen LogP contribution < -0.4 is 0 Å². The Morgan fingerprint density at radius 3 is 2.76 bits per heavy atom. The molecule has 1 aromatic heterocycles. The largest absolute Gasteiger partial charge is 0.360 e. The van der Waals surface area contributed by atoms with Gasteiger partial charge in [-0.05, 0) is 13.0 Å². The lowest BCUT2D eigenvalue weighted by molar-refractivity contribution is -0.384. The van der Waals surface area contributed by atoms with Crippen molar-refractivity contribution in [2.24, 2.45) is 0 Å². The lowest BCUT2D eigenvalue weighted by atomic mass is 10.1. The molecule has 0 aliphatic carbocycles. The summed E-state index contributed by atoms with van der Waals surface area (Å²) in [7, 11) is 0. The molecule has 0 spiro atoms. The van der Waals surface area contributed by atoms with Crippen molar-refractivity contribution in [3.63, 3.8) is 0 Å². The number of nitro groups is 1. The van der Waals surface area contributed by atoms with E-state index in [0.29, 0.717) is 12.0 Å². The zero-order valence-electron chi connectivity index (χ0n) is 8.91. The van der Waals surface area contributed by atoms with E-state index in [9.17, 15) is 14.9 Å². The van der Waals surface area contributed by atoms with Gasteiger partial charge in [0, 0.05) is 6.07 Å². The summed E-state index contributed by atoms with van der Waals surface area (Å²) in [6, 6.07) is 6.08. The molecule has 0 fully saturated rings. The quantitative estimate of drug-likeness (QED) is 0.460. The Balaban J connectivity index is 2.68. The van der Waals surface area contributed by atoms with Gasteiger partial charge < -0.3 is 4.52 Å². The van der Waals surface area contributed by atoms with Gasteiger partial charge in [0.25, 0.3) is 5.69 Å². The molecular formula is C11H8N2O4. The number of hydrogen-bond donors (Lipinski definition) is 0. The van der Waals surface area contributed by atoms with Crippen molar-refractivity contribution in [2.45, 2.75) is 6.92 Å². The molecule has 2 rings (SSSR count). The van der Waals surface area contributed by atoms with E-state index in [0.717, 1.165) is 0 Å². The van der Waals surface area contributed by atoms with E-state index < -0.39 is 4.92 Å². The van der Waals surface area contributed by atoms with Gasteiger partial charge in [-0.15, -0.1) is 0 Å². The lowest BCUT2D eigenvalue weighted by Crippen LogP contribution is -1.93. The number of nitro benzene ring substituents is 1. The van der Waals surface area contributed by atoms with Crippen LogP contribution in [0.1, 0.15) is 16.1 Å². The minimum atomic E-state index is -0.520. The number of aryl methyl sites for hydroxylation is 1. The van der Waals surface area contributed by atoms with Gasteiger partial charge in [0.15, 0.2) is 6.29 Å². The molecule has 0 bridgehead atoms. The Morgan fingerprint density at radius 1 is 1.41 bits per heavy atom. The van der Waals surface area contributed by atoms with Gasteiger partial charge in [0.05, 0.1) is 16.1 Å². The Bertz CT molecular complexity index is 589. The van der Waals surface area contributed by atoms with E-state index in [1.54, 1.807) is 19.1 Å². The highest BCUT2D eigenvalue weighted by Crippen LogP contribution is 2.31. The molecule has 86 valence electrons. The number of carbonyl (C=O) groups excluding carboxylic acids is 1. The second kappa shape index (κ2) is 4.17. The zero-order chi connectivity index (χ0) is 12.4. The normalized spacial score (nSPS) is 10.2. The fourth-order valence-corrected chi connectivity index (χ4v) is 1.55. The van der Waals surface area contributed by atoms with Crippen LogP contribution in [-0.2, 0) is 0 Å². The molecule has 6 heteroatoms. The van der Waals surface area contributed by atoms with E-state index in [-0.39, 0.29) is 22.5 Å². The number of para-hydroxylation sites is 1. The number of benzene rings is 1. The summed E-state index contributed by atoms with van der Waals surface area (Å²) in [6.45, 7) is 1.58. The SMILES string of the molecule is Cc1onc(-c2ccccc2[N+](=O)[O-])c1C=O. The number of nitrogens with zero attached hydrogens (tertiary/aromatic N) is 2. The predicted molar refractivity (Wildman–Crippen MR) is 58.7 cm³/mol. The molecule has 0 radical (unpaired) electrons. The van der Waals surface area contributed by atoms with Gasteiger partial charge in [0.2, 0.25) is 0 Å². The minimum absolute atomic E-state index is 0.107. The highest BCUT2D eigenvalue weighted by molar-refractivity contribution is 5.88. The van der Waals surface area contributed by atoms with E-state index in [1.807, 2.05) is 0 Å². The van der Waals surface area contributed by atoms with Crippen molar-refractivity contribution < 1.29 is 14.2 Å². The number of carbonyl (C=O) groups is 1. The van der Waals surface area contributed by atoms with Crippen LogP contribution in [0.25, 0.3) is 11.3 Å². The molecule has 2 aromatic rings. The monoisotopic (exact) mass is 232 g/mol. The van der Waals surface area contributed by atoms with Crippen LogP contribution in [-0.4, -0.2) is 16.4 Å². The third-order valence-electron chi connectivity index (χ3n) is 2.38. The average molecular weight is 232 g/mol. The average Bonchev–Trinajstić information content (AvgIpc) is 2.70. The molecule has 0 amide bonds. The van der Waals surface area contributed by atoms with Crippen LogP contribution in [0.15, 0.2) is 28.8 Å². The molecule has 0 atom stereocenters. The molecule has 0 aliphatic heterocycles. The van der Waals surface area contributed by atoms with Crippen LogP contribution in [0.4, 0.5) is 5.69 Å². The zero-order valence-corrected chi connectivity index (χ0v) is 8.91. The second-order valence-electron chi connectivity index (χ2n) is 3.39. The number of hydrogen-bond acceptors (Lipinski definition) is 5. The summed E-state index contributed by atoms with van der Waals surface area (Å²) in [5.41, 5.74) is 0.601. The maximum Gasteiger partial charge on any atom is 0.278 e. The van der Waals surface area contributed by atoms with Gasteiger partial charge in [-0.3, -0.25) is 14.9 Å². The molecule has 6 nitrogen and oxygen atoms in total. The van der Waals surface area contributed by atoms with Crippen LogP contribution in [0, 0.1) is 17.0 Å². The van der Waals surface area contributed by atoms with Crippen molar-refractivity contribution in [1.82, 2.24) is 5.16 Å². The fourth-order valence-electron chi connectivity index (χ4n) is 1.55. The van der Waals surface area contributed by atoms with Crippen LogP contribution in [0.5, 0.6) is 0 Å². The smallest absolute Gasteiger partial charge is 0.278 e. The van der Waals surface area contributed by atoms with Crippen molar-refractivity contribution >= 4 is 12.0 Å². The summed E-state index contributed by atoms with van der Waals surface area (Å²) < 4.78 is 4.87. The Hall–Kier alpha value is -2.50. The lowest BCUT2D eigenvalue weighted by Gasteiger charge is -1.98. The first-order valence-electron chi connectivity index (χ1n) is 4.80. The van der Waals surface area contributed by atoms with Crippen LogP contribution >= 0.6 is 0 Å². The molecule has 1 aromatic carbocycles. The summed E-state index contributed by atoms with van der Waals surface area (Å²) in [6.07, 6.45) is 0.581.